The summed E-state index contributed by atoms with van der Waals surface area (Å²) in [6.45, 7) is 3.81. The lowest BCUT2D eigenvalue weighted by molar-refractivity contribution is -0.133. The summed E-state index contributed by atoms with van der Waals surface area (Å²) in [7, 11) is 2.10. The first-order valence-corrected chi connectivity index (χ1v) is 7.82. The van der Waals surface area contributed by atoms with Crippen LogP contribution in [0.5, 0.6) is 0 Å². The molecule has 2 aliphatic rings. The molecular formula is C15H23N5O2. The van der Waals surface area contributed by atoms with Crippen molar-refractivity contribution < 1.29 is 9.53 Å². The number of aromatic nitrogens is 2. The molecule has 7 nitrogen and oxygen atoms in total. The molecule has 1 unspecified atom stereocenters. The van der Waals surface area contributed by atoms with Gasteiger partial charge in [-0.05, 0) is 18.9 Å². The van der Waals surface area contributed by atoms with E-state index in [1.807, 2.05) is 6.07 Å². The van der Waals surface area contributed by atoms with Crippen molar-refractivity contribution in [2.75, 3.05) is 44.7 Å². The highest BCUT2D eigenvalue weighted by molar-refractivity contribution is 5.77. The molecule has 1 atom stereocenters. The third kappa shape index (κ3) is 3.72. The molecular weight excluding hydrogens is 282 g/mol. The van der Waals surface area contributed by atoms with Gasteiger partial charge in [-0.3, -0.25) is 4.79 Å². The summed E-state index contributed by atoms with van der Waals surface area (Å²) in [5.41, 5.74) is 0. The van der Waals surface area contributed by atoms with E-state index < -0.39 is 0 Å². The largest absolute Gasteiger partial charge is 0.365 e. The number of piperidine rings is 1. The van der Waals surface area contributed by atoms with Gasteiger partial charge in [0.1, 0.15) is 18.8 Å². The van der Waals surface area contributed by atoms with Gasteiger partial charge in [0.05, 0.1) is 6.10 Å². The molecule has 0 saturated carbocycles. The number of likely N-dealkylation sites (tertiary alicyclic amines) is 1. The zero-order valence-corrected chi connectivity index (χ0v) is 12.9. The van der Waals surface area contributed by atoms with Crippen molar-refractivity contribution in [2.45, 2.75) is 25.0 Å². The van der Waals surface area contributed by atoms with Gasteiger partial charge in [0.25, 0.3) is 0 Å². The van der Waals surface area contributed by atoms with Crippen LogP contribution in [0.15, 0.2) is 18.6 Å². The van der Waals surface area contributed by atoms with Crippen molar-refractivity contribution in [3.63, 3.8) is 0 Å². The monoisotopic (exact) mass is 305 g/mol. The molecule has 0 aromatic carbocycles. The third-order valence-corrected chi connectivity index (χ3v) is 4.47. The first-order chi connectivity index (χ1) is 10.7. The van der Waals surface area contributed by atoms with E-state index in [0.29, 0.717) is 12.6 Å². The van der Waals surface area contributed by atoms with E-state index in [0.717, 1.165) is 38.3 Å². The average molecular weight is 305 g/mol. The SMILES string of the molecule is CN(c1ccncn1)C1CCN(CC2CNC(=O)CO2)CC1. The molecule has 2 aliphatic heterocycles. The van der Waals surface area contributed by atoms with Gasteiger partial charge < -0.3 is 19.9 Å². The Bertz CT molecular complexity index is 480. The van der Waals surface area contributed by atoms with Gasteiger partial charge in [-0.15, -0.1) is 0 Å². The van der Waals surface area contributed by atoms with Crippen molar-refractivity contribution >= 4 is 11.7 Å². The van der Waals surface area contributed by atoms with Crippen LogP contribution in [0.4, 0.5) is 5.82 Å². The number of carbonyl (C=O) groups is 1. The highest BCUT2D eigenvalue weighted by atomic mass is 16.5. The second kappa shape index (κ2) is 7.02. The molecule has 0 spiro atoms. The molecule has 3 heterocycles. The minimum Gasteiger partial charge on any atom is -0.365 e. The van der Waals surface area contributed by atoms with Gasteiger partial charge in [0, 0.05) is 45.5 Å². The molecule has 22 heavy (non-hydrogen) atoms. The molecule has 0 bridgehead atoms. The Labute approximate surface area is 130 Å². The Hall–Kier alpha value is -1.73. The van der Waals surface area contributed by atoms with Crippen molar-refractivity contribution in [1.82, 2.24) is 20.2 Å². The Morgan fingerprint density at radius 2 is 2.27 bits per heavy atom. The van der Waals surface area contributed by atoms with Crippen molar-refractivity contribution in [3.05, 3.63) is 18.6 Å². The molecule has 1 aromatic rings. The number of morpholine rings is 1. The van der Waals surface area contributed by atoms with Crippen LogP contribution in [-0.4, -0.2) is 72.8 Å². The van der Waals surface area contributed by atoms with Gasteiger partial charge >= 0.3 is 0 Å². The Balaban J connectivity index is 1.45. The maximum atomic E-state index is 11.1. The first kappa shape index (κ1) is 15.2. The Kier molecular flexibility index (Phi) is 4.84. The van der Waals surface area contributed by atoms with Gasteiger partial charge in [0.15, 0.2) is 0 Å². The summed E-state index contributed by atoms with van der Waals surface area (Å²) >= 11 is 0. The Morgan fingerprint density at radius 3 is 2.91 bits per heavy atom. The number of ether oxygens (including phenoxy) is 1. The first-order valence-electron chi connectivity index (χ1n) is 7.82. The normalized spacial score (nSPS) is 24.0. The third-order valence-electron chi connectivity index (χ3n) is 4.47. The van der Waals surface area contributed by atoms with Crippen LogP contribution in [0.25, 0.3) is 0 Å². The summed E-state index contributed by atoms with van der Waals surface area (Å²) in [6.07, 6.45) is 5.71. The standard InChI is InChI=1S/C15H23N5O2/c1-19(14-2-5-16-11-18-14)12-3-6-20(7-4-12)9-13-8-17-15(21)10-22-13/h2,5,11-13H,3-4,6-10H2,1H3,(H,17,21). The van der Waals surface area contributed by atoms with Crippen molar-refractivity contribution in [3.8, 4) is 0 Å². The summed E-state index contributed by atoms with van der Waals surface area (Å²) in [6, 6.07) is 2.46. The summed E-state index contributed by atoms with van der Waals surface area (Å²) < 4.78 is 5.56. The van der Waals surface area contributed by atoms with E-state index in [9.17, 15) is 4.79 Å². The van der Waals surface area contributed by atoms with Gasteiger partial charge in [-0.1, -0.05) is 0 Å². The number of hydrogen-bond donors (Lipinski definition) is 1. The van der Waals surface area contributed by atoms with Crippen molar-refractivity contribution in [1.29, 1.82) is 0 Å². The maximum absolute atomic E-state index is 11.1. The number of anilines is 1. The number of hydrogen-bond acceptors (Lipinski definition) is 6. The molecule has 3 rings (SSSR count). The lowest BCUT2D eigenvalue weighted by Crippen LogP contribution is -2.51. The fraction of sp³-hybridized carbons (Fsp3) is 0.667. The van der Waals surface area contributed by atoms with Crippen LogP contribution in [0, 0.1) is 0 Å². The second-order valence-electron chi connectivity index (χ2n) is 5.95. The van der Waals surface area contributed by atoms with Crippen LogP contribution < -0.4 is 10.2 Å². The van der Waals surface area contributed by atoms with E-state index >= 15 is 0 Å². The molecule has 2 saturated heterocycles. The van der Waals surface area contributed by atoms with Crippen molar-refractivity contribution in [2.24, 2.45) is 0 Å². The highest BCUT2D eigenvalue weighted by Gasteiger charge is 2.26. The zero-order valence-electron chi connectivity index (χ0n) is 12.9. The minimum absolute atomic E-state index is 0.0126. The fourth-order valence-corrected chi connectivity index (χ4v) is 3.11. The summed E-state index contributed by atoms with van der Waals surface area (Å²) in [4.78, 5) is 24.0. The second-order valence-corrected chi connectivity index (χ2v) is 5.95. The van der Waals surface area contributed by atoms with Crippen LogP contribution in [-0.2, 0) is 9.53 Å². The molecule has 2 fully saturated rings. The molecule has 7 heteroatoms. The lowest BCUT2D eigenvalue weighted by Gasteiger charge is -2.38. The Morgan fingerprint density at radius 1 is 1.45 bits per heavy atom. The van der Waals surface area contributed by atoms with Gasteiger partial charge in [0.2, 0.25) is 5.91 Å². The summed E-state index contributed by atoms with van der Waals surface area (Å²) in [5, 5.41) is 2.86. The highest BCUT2D eigenvalue weighted by Crippen LogP contribution is 2.20. The molecule has 1 aromatic heterocycles. The van der Waals surface area contributed by atoms with Crippen LogP contribution in [0.1, 0.15) is 12.8 Å². The topological polar surface area (TPSA) is 70.6 Å². The van der Waals surface area contributed by atoms with E-state index in [4.69, 9.17) is 4.74 Å². The van der Waals surface area contributed by atoms with Gasteiger partial charge in [-0.25, -0.2) is 9.97 Å². The van der Waals surface area contributed by atoms with E-state index in [1.165, 1.54) is 0 Å². The number of nitrogens with zero attached hydrogens (tertiary/aromatic N) is 4. The van der Waals surface area contributed by atoms with E-state index in [-0.39, 0.29) is 18.6 Å². The zero-order chi connectivity index (χ0) is 15.4. The van der Waals surface area contributed by atoms with E-state index in [2.05, 4.69) is 32.1 Å². The quantitative estimate of drug-likeness (QED) is 0.837. The van der Waals surface area contributed by atoms with Crippen LogP contribution in [0.2, 0.25) is 0 Å². The predicted octanol–water partition coefficient (Wildman–Crippen LogP) is -0.108. The molecule has 120 valence electrons. The number of rotatable bonds is 4. The van der Waals surface area contributed by atoms with Crippen LogP contribution in [0.3, 0.4) is 0 Å². The number of nitrogens with one attached hydrogen (secondary N) is 1. The smallest absolute Gasteiger partial charge is 0.246 e. The average Bonchev–Trinajstić information content (AvgIpc) is 2.58. The fourth-order valence-electron chi connectivity index (χ4n) is 3.11. The van der Waals surface area contributed by atoms with Gasteiger partial charge in [-0.2, -0.15) is 0 Å². The van der Waals surface area contributed by atoms with Crippen LogP contribution >= 0.6 is 0 Å². The molecule has 0 aliphatic carbocycles. The molecule has 1 amide bonds. The summed E-state index contributed by atoms with van der Waals surface area (Å²) in [5.74, 6) is 0.966. The number of amides is 1. The number of carbonyl (C=O) groups excluding carboxylic acids is 1. The van der Waals surface area contributed by atoms with E-state index in [1.54, 1.807) is 12.5 Å². The predicted molar refractivity (Wildman–Crippen MR) is 82.6 cm³/mol. The molecule has 0 radical (unpaired) electrons. The maximum Gasteiger partial charge on any atom is 0.246 e. The minimum atomic E-state index is -0.0126. The molecule has 1 N–H and O–H groups in total. The lowest BCUT2D eigenvalue weighted by atomic mass is 10.0.